The van der Waals surface area contributed by atoms with Gasteiger partial charge in [0.15, 0.2) is 0 Å². The summed E-state index contributed by atoms with van der Waals surface area (Å²) in [6.07, 6.45) is 3.83. The number of hydrogen-bond donors (Lipinski definition) is 3. The van der Waals surface area contributed by atoms with Crippen LogP contribution in [0.1, 0.15) is 60.8 Å². The molecule has 0 fully saturated rings. The van der Waals surface area contributed by atoms with Gasteiger partial charge in [-0.15, -0.1) is 0 Å². The summed E-state index contributed by atoms with van der Waals surface area (Å²) in [4.78, 5) is 47.9. The number of aromatic nitrogens is 3. The number of nitrogens with two attached hydrogens (primary N) is 1. The number of primary amides is 1. The van der Waals surface area contributed by atoms with Crippen molar-refractivity contribution in [3.8, 4) is 0 Å². The number of hydrogen-bond acceptors (Lipinski definition) is 8. The molecule has 44 heavy (non-hydrogen) atoms. The van der Waals surface area contributed by atoms with Gasteiger partial charge < -0.3 is 30.4 Å². The molecule has 0 aliphatic rings. The second-order valence-electron chi connectivity index (χ2n) is 10.4. The molecule has 4 rings (SSSR count). The van der Waals surface area contributed by atoms with Crippen molar-refractivity contribution in [1.29, 1.82) is 5.41 Å². The molecule has 0 bridgehead atoms. The van der Waals surface area contributed by atoms with E-state index in [0.29, 0.717) is 35.4 Å². The zero-order valence-corrected chi connectivity index (χ0v) is 25.0. The Balaban J connectivity index is 1.45. The highest BCUT2D eigenvalue weighted by Crippen LogP contribution is 2.21. The molecule has 0 spiro atoms. The van der Waals surface area contributed by atoms with E-state index in [1.54, 1.807) is 60.8 Å². The molecular weight excluding hydrogens is 560 g/mol. The van der Waals surface area contributed by atoms with E-state index in [1.165, 1.54) is 4.90 Å². The van der Waals surface area contributed by atoms with E-state index in [4.69, 9.17) is 16.1 Å². The minimum absolute atomic E-state index is 0.000148. The van der Waals surface area contributed by atoms with Crippen LogP contribution in [0.2, 0.25) is 0 Å². The monoisotopic (exact) mass is 597 g/mol. The number of carbonyl (C=O) groups excluding carboxylic acids is 3. The summed E-state index contributed by atoms with van der Waals surface area (Å²) >= 11 is 0. The van der Waals surface area contributed by atoms with Gasteiger partial charge in [-0.2, -0.15) is 0 Å². The van der Waals surface area contributed by atoms with E-state index in [2.05, 4.69) is 17.2 Å². The summed E-state index contributed by atoms with van der Waals surface area (Å²) in [6.45, 7) is 2.80. The van der Waals surface area contributed by atoms with Gasteiger partial charge in [0.2, 0.25) is 5.91 Å². The molecule has 0 radical (unpaired) electrons. The third-order valence-electron chi connectivity index (χ3n) is 7.31. The maximum Gasteiger partial charge on any atom is 0.259 e. The number of rotatable bonds is 14. The summed E-state index contributed by atoms with van der Waals surface area (Å²) in [5, 5.41) is 23.3. The van der Waals surface area contributed by atoms with Crippen molar-refractivity contribution in [2.75, 3.05) is 23.3 Å². The van der Waals surface area contributed by atoms with Gasteiger partial charge in [0.25, 0.3) is 5.91 Å². The average molecular weight is 598 g/mol. The van der Waals surface area contributed by atoms with Crippen molar-refractivity contribution in [3.63, 3.8) is 0 Å². The largest absolute Gasteiger partial charge is 0.530 e. The third-order valence-corrected chi connectivity index (χ3v) is 7.31. The number of nitrogens with one attached hydrogen (secondary N) is 2. The molecule has 4 N–H and O–H groups in total. The van der Waals surface area contributed by atoms with Gasteiger partial charge in [-0.1, -0.05) is 32.3 Å². The van der Waals surface area contributed by atoms with E-state index in [-0.39, 0.29) is 31.3 Å². The van der Waals surface area contributed by atoms with Gasteiger partial charge in [0, 0.05) is 49.6 Å². The van der Waals surface area contributed by atoms with E-state index in [0.717, 1.165) is 41.2 Å². The Labute approximate surface area is 256 Å². The van der Waals surface area contributed by atoms with Crippen molar-refractivity contribution >= 4 is 46.3 Å². The third kappa shape index (κ3) is 7.77. The van der Waals surface area contributed by atoms with Crippen molar-refractivity contribution in [2.24, 2.45) is 12.8 Å². The molecule has 0 saturated heterocycles. The fourth-order valence-corrected chi connectivity index (χ4v) is 4.83. The van der Waals surface area contributed by atoms with Crippen LogP contribution in [0.15, 0.2) is 66.9 Å². The quantitative estimate of drug-likeness (QED) is 0.113. The summed E-state index contributed by atoms with van der Waals surface area (Å²) < 4.78 is 1.93. The number of pyridine rings is 1. The van der Waals surface area contributed by atoms with Crippen LogP contribution in [-0.2, 0) is 18.4 Å². The second-order valence-corrected chi connectivity index (χ2v) is 10.4. The van der Waals surface area contributed by atoms with E-state index >= 15 is 0 Å². The zero-order chi connectivity index (χ0) is 31.6. The normalized spacial score (nSPS) is 10.9. The molecule has 4 aromatic rings. The van der Waals surface area contributed by atoms with Crippen LogP contribution in [0.5, 0.6) is 0 Å². The molecule has 230 valence electrons. The first kappa shape index (κ1) is 31.7. The maximum absolute atomic E-state index is 13.5. The minimum Gasteiger partial charge on any atom is -0.530 e. The summed E-state index contributed by atoms with van der Waals surface area (Å²) in [7, 11) is 1.89. The number of carboxylic acid groups (broad SMARTS) is 1. The number of carbonyl (C=O) groups is 3. The van der Waals surface area contributed by atoms with E-state index in [9.17, 15) is 19.5 Å². The predicted molar refractivity (Wildman–Crippen MR) is 167 cm³/mol. The van der Waals surface area contributed by atoms with Crippen LogP contribution >= 0.6 is 0 Å². The van der Waals surface area contributed by atoms with Crippen molar-refractivity contribution in [3.05, 3.63) is 83.8 Å². The van der Waals surface area contributed by atoms with Gasteiger partial charge in [0.1, 0.15) is 23.6 Å². The van der Waals surface area contributed by atoms with Gasteiger partial charge in [0.05, 0.1) is 17.6 Å². The van der Waals surface area contributed by atoms with Crippen LogP contribution < -0.4 is 21.1 Å². The summed E-state index contributed by atoms with van der Waals surface area (Å²) in [5.41, 5.74) is 8.46. The lowest BCUT2D eigenvalue weighted by Gasteiger charge is -2.25. The minimum atomic E-state index is -1.38. The Morgan fingerprint density at radius 3 is 2.41 bits per heavy atom. The highest BCUT2D eigenvalue weighted by molar-refractivity contribution is 6.07. The number of fused-ring (bicyclic) bond motifs is 1. The van der Waals surface area contributed by atoms with Crippen LogP contribution in [-0.4, -0.2) is 56.3 Å². The molecule has 0 unspecified atom stereocenters. The van der Waals surface area contributed by atoms with Crippen LogP contribution in [0.3, 0.4) is 0 Å². The lowest BCUT2D eigenvalue weighted by atomic mass is 10.1. The maximum atomic E-state index is 13.5. The molecule has 12 heteroatoms. The number of amides is 3. The summed E-state index contributed by atoms with van der Waals surface area (Å²) in [6, 6.07) is 17.4. The Morgan fingerprint density at radius 2 is 1.75 bits per heavy atom. The van der Waals surface area contributed by atoms with Crippen LogP contribution in [0, 0.1) is 5.41 Å². The molecule has 0 saturated carbocycles. The van der Waals surface area contributed by atoms with Gasteiger partial charge in [-0.25, -0.2) is 9.97 Å². The number of imidazole rings is 1. The highest BCUT2D eigenvalue weighted by Gasteiger charge is 2.21. The summed E-state index contributed by atoms with van der Waals surface area (Å²) in [5.74, 6) is 0.212. The number of unbranched alkanes of at least 4 members (excludes halogenated alkanes) is 3. The van der Waals surface area contributed by atoms with Gasteiger partial charge in [-0.3, -0.25) is 19.9 Å². The number of benzene rings is 2. The van der Waals surface area contributed by atoms with Crippen LogP contribution in [0.4, 0.5) is 16.3 Å². The standard InChI is InChI=1S/C32H38N8O4/c1-3-4-5-8-18-40(32(43)44)30(34)22-10-13-24(14-11-22)36-21-29-37-25-20-23(12-15-26(25)38(29)2)31(42)39(19-16-27(33)41)28-9-6-7-17-35-28/h6-7,9-15,17,20,34,36H,3-5,8,16,18-19,21H2,1-2H3,(H2,33,41)(H,43,44)/p-1. The molecule has 0 atom stereocenters. The fourth-order valence-electron chi connectivity index (χ4n) is 4.83. The molecule has 2 aromatic carbocycles. The number of aryl methyl sites for hydroxylation is 1. The molecule has 0 aliphatic carbocycles. The first-order valence-electron chi connectivity index (χ1n) is 14.6. The van der Waals surface area contributed by atoms with Crippen LogP contribution in [0.25, 0.3) is 11.0 Å². The lowest BCUT2D eigenvalue weighted by Crippen LogP contribution is -2.45. The highest BCUT2D eigenvalue weighted by atomic mass is 16.4. The van der Waals surface area contributed by atoms with Crippen molar-refractivity contribution in [1.82, 2.24) is 19.4 Å². The van der Waals surface area contributed by atoms with Crippen molar-refractivity contribution < 1.29 is 19.5 Å². The van der Waals surface area contributed by atoms with E-state index < -0.39 is 12.0 Å². The predicted octanol–water partition coefficient (Wildman–Crippen LogP) is 3.65. The van der Waals surface area contributed by atoms with Crippen molar-refractivity contribution in [2.45, 2.75) is 45.6 Å². The number of nitrogens with zero attached hydrogens (tertiary/aromatic N) is 5. The average Bonchev–Trinajstić information content (AvgIpc) is 3.34. The number of anilines is 2. The molecule has 3 amide bonds. The SMILES string of the molecule is CCCCCCN(C(=N)c1ccc(NCc2nc3cc(C(=O)N(CCC(N)=O)c4ccccn4)ccc3n2C)cc1)C(=O)[O-]. The zero-order valence-electron chi connectivity index (χ0n) is 25.0. The van der Waals surface area contributed by atoms with Gasteiger partial charge >= 0.3 is 0 Å². The molecular formula is C32H37N8O4-. The second kappa shape index (κ2) is 14.8. The lowest BCUT2D eigenvalue weighted by molar-refractivity contribution is -0.260. The first-order valence-corrected chi connectivity index (χ1v) is 14.6. The molecule has 0 aliphatic heterocycles. The number of amidine groups is 1. The Morgan fingerprint density at radius 1 is 1.00 bits per heavy atom. The Hall–Kier alpha value is -5.26. The molecule has 2 heterocycles. The first-order chi connectivity index (χ1) is 21.2. The topological polar surface area (TPSA) is 173 Å². The smallest absolute Gasteiger partial charge is 0.259 e. The molecule has 12 nitrogen and oxygen atoms in total. The Bertz CT molecular complexity index is 1620. The fraction of sp³-hybridized carbons (Fsp3) is 0.312. The Kier molecular flexibility index (Phi) is 10.6. The molecule has 2 aromatic heterocycles. The van der Waals surface area contributed by atoms with Gasteiger partial charge in [-0.05, 0) is 61.0 Å². The van der Waals surface area contributed by atoms with E-state index in [1.807, 2.05) is 17.7 Å².